The molecule has 4 heteroatoms. The van der Waals surface area contributed by atoms with Crippen LogP contribution < -0.4 is 0 Å². The molecule has 0 bridgehead atoms. The third kappa shape index (κ3) is 1.22. The van der Waals surface area contributed by atoms with Crippen molar-refractivity contribution in [3.8, 4) is 0 Å². The minimum absolute atomic E-state index is 0.160. The molecule has 66 valence electrons. The van der Waals surface area contributed by atoms with Gasteiger partial charge in [0, 0.05) is 12.3 Å². The molecule has 1 saturated carbocycles. The number of aliphatic hydroxyl groups excluding tert-OH is 1. The molecule has 0 amide bonds. The van der Waals surface area contributed by atoms with E-state index >= 15 is 0 Å². The summed E-state index contributed by atoms with van der Waals surface area (Å²) < 4.78 is 5.04. The standard InChI is InChI=1S/C8H12N2O2/c1-2-7-9-8(12-10-7)5-3-6(11)4-5/h5-6,11H,2-4H2,1H3. The smallest absolute Gasteiger partial charge is 0.229 e. The van der Waals surface area contributed by atoms with Gasteiger partial charge < -0.3 is 9.63 Å². The summed E-state index contributed by atoms with van der Waals surface area (Å²) in [5.41, 5.74) is 0. The monoisotopic (exact) mass is 168 g/mol. The number of aliphatic hydroxyl groups is 1. The van der Waals surface area contributed by atoms with Crippen molar-refractivity contribution < 1.29 is 9.63 Å². The average molecular weight is 168 g/mol. The molecule has 4 nitrogen and oxygen atoms in total. The Labute approximate surface area is 70.6 Å². The van der Waals surface area contributed by atoms with Crippen LogP contribution in [-0.4, -0.2) is 21.4 Å². The van der Waals surface area contributed by atoms with E-state index in [0.29, 0.717) is 11.8 Å². The van der Waals surface area contributed by atoms with Gasteiger partial charge in [0.2, 0.25) is 5.89 Å². The molecular weight excluding hydrogens is 156 g/mol. The van der Waals surface area contributed by atoms with Crippen LogP contribution in [0.3, 0.4) is 0 Å². The van der Waals surface area contributed by atoms with Gasteiger partial charge in [-0.3, -0.25) is 0 Å². The Morgan fingerprint density at radius 1 is 1.58 bits per heavy atom. The first-order chi connectivity index (χ1) is 5.79. The first-order valence-corrected chi connectivity index (χ1v) is 4.30. The lowest BCUT2D eigenvalue weighted by Gasteiger charge is -2.27. The first-order valence-electron chi connectivity index (χ1n) is 4.30. The maximum Gasteiger partial charge on any atom is 0.229 e. The predicted octanol–water partition coefficient (Wildman–Crippen LogP) is 0.870. The second kappa shape index (κ2) is 2.86. The highest BCUT2D eigenvalue weighted by Crippen LogP contribution is 2.35. The summed E-state index contributed by atoms with van der Waals surface area (Å²) in [5.74, 6) is 1.75. The van der Waals surface area contributed by atoms with Crippen molar-refractivity contribution in [2.45, 2.75) is 38.2 Å². The Morgan fingerprint density at radius 3 is 2.83 bits per heavy atom. The number of aryl methyl sites for hydroxylation is 1. The fourth-order valence-corrected chi connectivity index (χ4v) is 1.37. The summed E-state index contributed by atoms with van der Waals surface area (Å²) in [7, 11) is 0. The van der Waals surface area contributed by atoms with Gasteiger partial charge in [-0.2, -0.15) is 4.98 Å². The van der Waals surface area contributed by atoms with Crippen molar-refractivity contribution in [2.75, 3.05) is 0 Å². The summed E-state index contributed by atoms with van der Waals surface area (Å²) >= 11 is 0. The summed E-state index contributed by atoms with van der Waals surface area (Å²) in [4.78, 5) is 4.20. The highest BCUT2D eigenvalue weighted by molar-refractivity contribution is 5.01. The van der Waals surface area contributed by atoms with Crippen LogP contribution in [0, 0.1) is 0 Å². The van der Waals surface area contributed by atoms with Crippen molar-refractivity contribution in [1.82, 2.24) is 10.1 Å². The molecule has 1 aliphatic carbocycles. The summed E-state index contributed by atoms with van der Waals surface area (Å²) in [6.45, 7) is 1.99. The zero-order chi connectivity index (χ0) is 8.55. The largest absolute Gasteiger partial charge is 0.393 e. The van der Waals surface area contributed by atoms with Gasteiger partial charge in [0.1, 0.15) is 0 Å². The highest BCUT2D eigenvalue weighted by Gasteiger charge is 2.32. The molecule has 1 aliphatic rings. The van der Waals surface area contributed by atoms with E-state index in [2.05, 4.69) is 10.1 Å². The normalized spacial score (nSPS) is 28.5. The second-order valence-electron chi connectivity index (χ2n) is 3.22. The molecule has 0 unspecified atom stereocenters. The molecule has 2 rings (SSSR count). The maximum atomic E-state index is 9.05. The molecule has 1 aromatic heterocycles. The Balaban J connectivity index is 2.04. The average Bonchev–Trinajstić information content (AvgIpc) is 2.46. The van der Waals surface area contributed by atoms with Crippen LogP contribution in [0.15, 0.2) is 4.52 Å². The van der Waals surface area contributed by atoms with E-state index in [1.807, 2.05) is 6.92 Å². The van der Waals surface area contributed by atoms with Gasteiger partial charge in [-0.1, -0.05) is 12.1 Å². The van der Waals surface area contributed by atoms with Gasteiger partial charge in [0.25, 0.3) is 0 Å². The molecule has 0 saturated heterocycles. The number of nitrogens with zero attached hydrogens (tertiary/aromatic N) is 2. The lowest BCUT2D eigenvalue weighted by Crippen LogP contribution is -2.26. The van der Waals surface area contributed by atoms with E-state index in [0.717, 1.165) is 25.1 Å². The lowest BCUT2D eigenvalue weighted by molar-refractivity contribution is 0.0625. The second-order valence-corrected chi connectivity index (χ2v) is 3.22. The van der Waals surface area contributed by atoms with Gasteiger partial charge in [0.15, 0.2) is 5.82 Å². The lowest BCUT2D eigenvalue weighted by atomic mass is 9.82. The summed E-state index contributed by atoms with van der Waals surface area (Å²) in [6, 6.07) is 0. The number of hydrogen-bond donors (Lipinski definition) is 1. The zero-order valence-electron chi connectivity index (χ0n) is 7.03. The van der Waals surface area contributed by atoms with Gasteiger partial charge in [-0.05, 0) is 12.8 Å². The minimum Gasteiger partial charge on any atom is -0.393 e. The van der Waals surface area contributed by atoms with E-state index in [4.69, 9.17) is 9.63 Å². The topological polar surface area (TPSA) is 59.2 Å². The van der Waals surface area contributed by atoms with Crippen LogP contribution in [0.2, 0.25) is 0 Å². The van der Waals surface area contributed by atoms with Crippen molar-refractivity contribution >= 4 is 0 Å². The van der Waals surface area contributed by atoms with Crippen molar-refractivity contribution in [3.63, 3.8) is 0 Å². The van der Waals surface area contributed by atoms with Crippen LogP contribution in [0.25, 0.3) is 0 Å². The maximum absolute atomic E-state index is 9.05. The molecule has 1 N–H and O–H groups in total. The van der Waals surface area contributed by atoms with Crippen molar-refractivity contribution in [3.05, 3.63) is 11.7 Å². The SMILES string of the molecule is CCc1noc(C2CC(O)C2)n1. The van der Waals surface area contributed by atoms with Crippen molar-refractivity contribution in [2.24, 2.45) is 0 Å². The molecule has 0 radical (unpaired) electrons. The molecule has 12 heavy (non-hydrogen) atoms. The number of hydrogen-bond acceptors (Lipinski definition) is 4. The Hall–Kier alpha value is -0.900. The molecule has 0 aliphatic heterocycles. The van der Waals surface area contributed by atoms with Crippen LogP contribution in [0.5, 0.6) is 0 Å². The number of aromatic nitrogens is 2. The molecule has 1 aromatic rings. The first kappa shape index (κ1) is 7.73. The molecule has 0 spiro atoms. The van der Waals surface area contributed by atoms with Crippen LogP contribution >= 0.6 is 0 Å². The molecular formula is C8H12N2O2. The summed E-state index contributed by atoms with van der Waals surface area (Å²) in [5, 5.41) is 12.8. The third-order valence-electron chi connectivity index (χ3n) is 2.26. The van der Waals surface area contributed by atoms with E-state index < -0.39 is 0 Å². The Bertz CT molecular complexity index is 266. The van der Waals surface area contributed by atoms with Gasteiger partial charge >= 0.3 is 0 Å². The van der Waals surface area contributed by atoms with Gasteiger partial charge in [0.05, 0.1) is 6.10 Å². The van der Waals surface area contributed by atoms with Crippen LogP contribution in [-0.2, 0) is 6.42 Å². The highest BCUT2D eigenvalue weighted by atomic mass is 16.5. The minimum atomic E-state index is -0.160. The van der Waals surface area contributed by atoms with E-state index in [1.165, 1.54) is 0 Å². The van der Waals surface area contributed by atoms with Crippen LogP contribution in [0.4, 0.5) is 0 Å². The Kier molecular flexibility index (Phi) is 1.84. The predicted molar refractivity (Wildman–Crippen MR) is 41.7 cm³/mol. The van der Waals surface area contributed by atoms with Gasteiger partial charge in [-0.15, -0.1) is 0 Å². The zero-order valence-corrected chi connectivity index (χ0v) is 7.03. The molecule has 1 heterocycles. The number of rotatable bonds is 2. The summed E-state index contributed by atoms with van der Waals surface area (Å²) in [6.07, 6.45) is 2.18. The fourth-order valence-electron chi connectivity index (χ4n) is 1.37. The van der Waals surface area contributed by atoms with E-state index in [9.17, 15) is 0 Å². The van der Waals surface area contributed by atoms with E-state index in [1.54, 1.807) is 0 Å². The molecule has 0 atom stereocenters. The van der Waals surface area contributed by atoms with Crippen LogP contribution in [0.1, 0.15) is 37.4 Å². The Morgan fingerprint density at radius 2 is 2.33 bits per heavy atom. The molecule has 1 fully saturated rings. The van der Waals surface area contributed by atoms with Crippen molar-refractivity contribution in [1.29, 1.82) is 0 Å². The van der Waals surface area contributed by atoms with Gasteiger partial charge in [-0.25, -0.2) is 0 Å². The quantitative estimate of drug-likeness (QED) is 0.711. The van der Waals surface area contributed by atoms with E-state index in [-0.39, 0.29) is 6.10 Å². The third-order valence-corrected chi connectivity index (χ3v) is 2.26. The fraction of sp³-hybridized carbons (Fsp3) is 0.750. The molecule has 0 aromatic carbocycles.